The molecule has 20 heavy (non-hydrogen) atoms. The van der Waals surface area contributed by atoms with Crippen LogP contribution in [-0.4, -0.2) is 43.4 Å². The van der Waals surface area contributed by atoms with Gasteiger partial charge in [0.2, 0.25) is 4.91 Å². The Bertz CT molecular complexity index is 679. The monoisotopic (exact) mass is 277 g/mol. The fraction of sp³-hybridized carbons (Fsp3) is 0.500. The van der Waals surface area contributed by atoms with Crippen LogP contribution in [-0.2, 0) is 4.74 Å². The van der Waals surface area contributed by atoms with Gasteiger partial charge in [0.05, 0.1) is 12.4 Å². The number of aliphatic hydroxyl groups excluding tert-OH is 1. The molecule has 10 nitrogen and oxygen atoms in total. The van der Waals surface area contributed by atoms with Gasteiger partial charge in [-0.15, -0.1) is 0 Å². The van der Waals surface area contributed by atoms with E-state index in [-0.39, 0.29) is 6.54 Å². The zero-order chi connectivity index (χ0) is 14.1. The number of aliphatic hydroxyl groups is 1. The second-order valence-corrected chi connectivity index (χ2v) is 4.44. The highest BCUT2D eigenvalue weighted by Crippen LogP contribution is 2.31. The maximum atomic E-state index is 9.93. The summed E-state index contributed by atoms with van der Waals surface area (Å²) < 4.78 is 7.41. The molecule has 2 aromatic rings. The standard InChI is InChI=1S/C10H13N8O2/c11-9-8-10(14-3-13-9)18(4-15-8)7-1-5(19)6(20-7)2-16-17-12/h3-7,12,19H,1-2H2,(H2,11,13,14)/q+1. The van der Waals surface area contributed by atoms with Gasteiger partial charge in [-0.3, -0.25) is 4.57 Å². The van der Waals surface area contributed by atoms with Gasteiger partial charge in [0.15, 0.2) is 18.0 Å². The Hall–Kier alpha value is -2.42. The zero-order valence-electron chi connectivity index (χ0n) is 10.4. The number of rotatable bonds is 3. The third-order valence-electron chi connectivity index (χ3n) is 3.23. The van der Waals surface area contributed by atoms with Gasteiger partial charge in [-0.1, -0.05) is 0 Å². The van der Waals surface area contributed by atoms with E-state index >= 15 is 0 Å². The number of nitrogens with one attached hydrogen (secondary N) is 1. The first-order valence-electron chi connectivity index (χ1n) is 6.00. The van der Waals surface area contributed by atoms with Gasteiger partial charge >= 0.3 is 0 Å². The van der Waals surface area contributed by atoms with E-state index in [0.717, 1.165) is 0 Å². The summed E-state index contributed by atoms with van der Waals surface area (Å²) in [4.78, 5) is 15.1. The van der Waals surface area contributed by atoms with E-state index in [1.807, 2.05) is 0 Å². The molecule has 0 saturated carbocycles. The fourth-order valence-electron chi connectivity index (χ4n) is 2.25. The van der Waals surface area contributed by atoms with Crippen molar-refractivity contribution < 1.29 is 9.84 Å². The van der Waals surface area contributed by atoms with E-state index in [4.69, 9.17) is 16.0 Å². The van der Waals surface area contributed by atoms with E-state index in [2.05, 4.69) is 25.0 Å². The van der Waals surface area contributed by atoms with Crippen molar-refractivity contribution in [1.29, 1.82) is 5.53 Å². The van der Waals surface area contributed by atoms with Crippen LogP contribution in [0.15, 0.2) is 17.8 Å². The molecular formula is C10H13N8O2+. The molecule has 0 bridgehead atoms. The maximum Gasteiger partial charge on any atom is 0.214 e. The molecule has 10 heteroatoms. The molecular weight excluding hydrogens is 264 g/mol. The van der Waals surface area contributed by atoms with E-state index in [0.29, 0.717) is 23.4 Å². The summed E-state index contributed by atoms with van der Waals surface area (Å²) in [5.74, 6) is 0.298. The molecule has 0 amide bonds. The van der Waals surface area contributed by atoms with Crippen molar-refractivity contribution in [2.75, 3.05) is 12.3 Å². The second kappa shape index (κ2) is 4.93. The molecule has 1 fully saturated rings. The zero-order valence-corrected chi connectivity index (χ0v) is 10.4. The van der Waals surface area contributed by atoms with Gasteiger partial charge in [0, 0.05) is 6.42 Å². The van der Waals surface area contributed by atoms with Gasteiger partial charge in [-0.05, 0) is 0 Å². The molecule has 104 valence electrons. The van der Waals surface area contributed by atoms with Crippen LogP contribution < -0.4 is 10.6 Å². The van der Waals surface area contributed by atoms with E-state index in [9.17, 15) is 5.11 Å². The first kappa shape index (κ1) is 12.6. The van der Waals surface area contributed by atoms with Crippen LogP contribution in [0.2, 0.25) is 0 Å². The van der Waals surface area contributed by atoms with Gasteiger partial charge in [-0.2, -0.15) is 0 Å². The highest BCUT2D eigenvalue weighted by molar-refractivity contribution is 5.81. The summed E-state index contributed by atoms with van der Waals surface area (Å²) in [7, 11) is 0. The van der Waals surface area contributed by atoms with Crippen LogP contribution in [0.25, 0.3) is 11.2 Å². The van der Waals surface area contributed by atoms with E-state index in [1.165, 1.54) is 6.33 Å². The summed E-state index contributed by atoms with van der Waals surface area (Å²) >= 11 is 0. The molecule has 3 heterocycles. The number of hydrogen-bond donors (Lipinski definition) is 3. The Morgan fingerprint density at radius 2 is 2.40 bits per heavy atom. The largest absolute Gasteiger partial charge is 0.390 e. The maximum absolute atomic E-state index is 9.93. The molecule has 0 radical (unpaired) electrons. The van der Waals surface area contributed by atoms with Crippen LogP contribution in [0.3, 0.4) is 0 Å². The smallest absolute Gasteiger partial charge is 0.214 e. The Morgan fingerprint density at radius 3 is 3.20 bits per heavy atom. The van der Waals surface area contributed by atoms with Crippen molar-refractivity contribution in [3.05, 3.63) is 12.7 Å². The van der Waals surface area contributed by atoms with Crippen molar-refractivity contribution in [3.8, 4) is 0 Å². The summed E-state index contributed by atoms with van der Waals surface area (Å²) in [6.07, 6.45) is 1.71. The predicted molar refractivity (Wildman–Crippen MR) is 66.4 cm³/mol. The van der Waals surface area contributed by atoms with Gasteiger partial charge in [-0.25, -0.2) is 15.0 Å². The molecule has 2 aromatic heterocycles. The molecule has 1 aliphatic rings. The number of anilines is 1. The van der Waals surface area contributed by atoms with Crippen molar-refractivity contribution >= 4 is 17.0 Å². The molecule has 0 spiro atoms. The first-order chi connectivity index (χ1) is 9.70. The SMILES string of the molecule is N=[N+]=NCC1OC(n2cnc3c(N)ncnc32)CC1O. The van der Waals surface area contributed by atoms with Gasteiger partial charge in [0.25, 0.3) is 0 Å². The van der Waals surface area contributed by atoms with Crippen molar-refractivity contribution in [3.63, 3.8) is 0 Å². The highest BCUT2D eigenvalue weighted by Gasteiger charge is 2.36. The predicted octanol–water partition coefficient (Wildman–Crippen LogP) is -0.393. The lowest BCUT2D eigenvalue weighted by Gasteiger charge is -2.12. The first-order valence-corrected chi connectivity index (χ1v) is 6.00. The minimum absolute atomic E-state index is 0.144. The summed E-state index contributed by atoms with van der Waals surface area (Å²) in [5, 5.41) is 13.5. The molecule has 3 unspecified atom stereocenters. The Morgan fingerprint density at radius 1 is 1.55 bits per heavy atom. The number of nitrogens with zero attached hydrogens (tertiary/aromatic N) is 6. The van der Waals surface area contributed by atoms with Crippen LogP contribution in [0.1, 0.15) is 12.6 Å². The van der Waals surface area contributed by atoms with Crippen molar-refractivity contribution in [2.24, 2.45) is 5.11 Å². The number of aromatic nitrogens is 4. The topological polar surface area (TPSA) is 149 Å². The minimum atomic E-state index is -0.679. The number of fused-ring (bicyclic) bond motifs is 1. The summed E-state index contributed by atoms with van der Waals surface area (Å²) in [6, 6.07) is 0. The number of imidazole rings is 1. The van der Waals surface area contributed by atoms with E-state index < -0.39 is 18.4 Å². The van der Waals surface area contributed by atoms with Crippen LogP contribution in [0.5, 0.6) is 0 Å². The number of nitrogen functional groups attached to an aromatic ring is 1. The van der Waals surface area contributed by atoms with Crippen LogP contribution in [0, 0.1) is 5.53 Å². The minimum Gasteiger partial charge on any atom is -0.390 e. The Kier molecular flexibility index (Phi) is 3.11. The molecule has 4 N–H and O–H groups in total. The molecule has 0 aromatic carbocycles. The average Bonchev–Trinajstić information content (AvgIpc) is 3.01. The van der Waals surface area contributed by atoms with Crippen molar-refractivity contribution in [1.82, 2.24) is 24.4 Å². The van der Waals surface area contributed by atoms with Gasteiger partial charge < -0.3 is 15.6 Å². The van der Waals surface area contributed by atoms with Crippen LogP contribution >= 0.6 is 0 Å². The number of hydrogen-bond acceptors (Lipinski definition) is 8. The lowest BCUT2D eigenvalue weighted by molar-refractivity contribution is -0.0121. The number of nitrogens with two attached hydrogens (primary N) is 1. The Balaban J connectivity index is 1.89. The highest BCUT2D eigenvalue weighted by atomic mass is 16.5. The second-order valence-electron chi connectivity index (χ2n) is 4.44. The normalized spacial score (nSPS) is 25.8. The van der Waals surface area contributed by atoms with E-state index in [1.54, 1.807) is 10.9 Å². The summed E-state index contributed by atoms with van der Waals surface area (Å²) in [5.41, 5.74) is 13.4. The molecule has 1 aliphatic heterocycles. The fourth-order valence-corrected chi connectivity index (χ4v) is 2.25. The third-order valence-corrected chi connectivity index (χ3v) is 3.23. The van der Waals surface area contributed by atoms with Gasteiger partial charge in [0.1, 0.15) is 34.8 Å². The number of ether oxygens (including phenoxy) is 1. The molecule has 3 rings (SSSR count). The summed E-state index contributed by atoms with van der Waals surface area (Å²) in [6.45, 7) is 0.144. The molecule has 1 saturated heterocycles. The lowest BCUT2D eigenvalue weighted by Crippen LogP contribution is -2.23. The Labute approximate surface area is 112 Å². The van der Waals surface area contributed by atoms with Crippen molar-refractivity contribution in [2.45, 2.75) is 24.9 Å². The van der Waals surface area contributed by atoms with Crippen LogP contribution in [0.4, 0.5) is 5.82 Å². The lowest BCUT2D eigenvalue weighted by atomic mass is 10.2. The third kappa shape index (κ3) is 2.01. The average molecular weight is 277 g/mol. The quantitative estimate of drug-likeness (QED) is 0.513. The molecule has 0 aliphatic carbocycles. The molecule has 3 atom stereocenters.